The van der Waals surface area contributed by atoms with E-state index < -0.39 is 0 Å². The van der Waals surface area contributed by atoms with E-state index >= 15 is 0 Å². The minimum absolute atomic E-state index is 0.193. The first-order chi connectivity index (χ1) is 10.2. The number of hydrogen-bond acceptors (Lipinski definition) is 2. The molecule has 4 heteroatoms. The Labute approximate surface area is 124 Å². The third-order valence-corrected chi connectivity index (χ3v) is 4.22. The highest BCUT2D eigenvalue weighted by Crippen LogP contribution is 2.23. The number of nitrogens with zero attached hydrogens (tertiary/aromatic N) is 1. The van der Waals surface area contributed by atoms with E-state index in [1.54, 1.807) is 6.07 Å². The Morgan fingerprint density at radius 1 is 1.33 bits per heavy atom. The number of anilines is 1. The average Bonchev–Trinajstić information content (AvgIpc) is 3.01. The van der Waals surface area contributed by atoms with E-state index in [0.717, 1.165) is 49.9 Å². The van der Waals surface area contributed by atoms with Crippen LogP contribution in [0.4, 0.5) is 10.1 Å². The molecule has 1 amide bonds. The maximum Gasteiger partial charge on any atom is 0.249 e. The lowest BCUT2D eigenvalue weighted by Crippen LogP contribution is -2.45. The summed E-state index contributed by atoms with van der Waals surface area (Å²) >= 11 is 0. The fraction of sp³-hybridized carbons (Fsp3) is 0.471. The molecule has 0 radical (unpaired) electrons. The highest BCUT2D eigenvalue weighted by Gasteiger charge is 2.26. The lowest BCUT2D eigenvalue weighted by Gasteiger charge is -2.34. The standard InChI is InChI=1S/C17H21FN2O/c18-14-7-3-8-15(11-14)19-16-9-4-10-20(12-16)17(21)13-5-1-2-6-13/h3,5,7-8,11,16,19H,1-2,4,6,9-10,12H2/t16-/m1/s1. The summed E-state index contributed by atoms with van der Waals surface area (Å²) in [6.07, 6.45) is 7.12. The summed E-state index contributed by atoms with van der Waals surface area (Å²) in [6, 6.07) is 6.71. The van der Waals surface area contributed by atoms with Crippen LogP contribution >= 0.6 is 0 Å². The molecule has 1 aromatic carbocycles. The van der Waals surface area contributed by atoms with E-state index in [0.29, 0.717) is 6.54 Å². The Morgan fingerprint density at radius 3 is 3.00 bits per heavy atom. The van der Waals surface area contributed by atoms with Crippen LogP contribution in [0.3, 0.4) is 0 Å². The molecule has 0 saturated carbocycles. The topological polar surface area (TPSA) is 32.3 Å². The zero-order chi connectivity index (χ0) is 14.7. The Kier molecular flexibility index (Phi) is 4.23. The molecule has 1 N–H and O–H groups in total. The smallest absolute Gasteiger partial charge is 0.249 e. The highest BCUT2D eigenvalue weighted by atomic mass is 19.1. The molecule has 1 atom stereocenters. The number of carbonyl (C=O) groups is 1. The van der Waals surface area contributed by atoms with Crippen molar-refractivity contribution >= 4 is 11.6 Å². The van der Waals surface area contributed by atoms with Crippen molar-refractivity contribution in [3.63, 3.8) is 0 Å². The van der Waals surface area contributed by atoms with Gasteiger partial charge in [-0.25, -0.2) is 4.39 Å². The molecule has 0 unspecified atom stereocenters. The van der Waals surface area contributed by atoms with Crippen molar-refractivity contribution in [3.8, 4) is 0 Å². The Balaban J connectivity index is 1.61. The SMILES string of the molecule is O=C(C1=CCCC1)N1CCC[C@@H](Nc2cccc(F)c2)C1. The minimum Gasteiger partial charge on any atom is -0.380 e. The van der Waals surface area contributed by atoms with E-state index in [1.165, 1.54) is 12.1 Å². The summed E-state index contributed by atoms with van der Waals surface area (Å²) in [4.78, 5) is 14.4. The van der Waals surface area contributed by atoms with Crippen LogP contribution in [0.1, 0.15) is 32.1 Å². The average molecular weight is 288 g/mol. The first kappa shape index (κ1) is 14.1. The molecule has 3 rings (SSSR count). The minimum atomic E-state index is -0.236. The number of likely N-dealkylation sites (tertiary alicyclic amines) is 1. The number of rotatable bonds is 3. The summed E-state index contributed by atoms with van der Waals surface area (Å²) in [5, 5.41) is 3.34. The Bertz CT molecular complexity index is 555. The van der Waals surface area contributed by atoms with Gasteiger partial charge in [0.2, 0.25) is 5.91 Å². The number of carbonyl (C=O) groups excluding carboxylic acids is 1. The molecule has 1 aromatic rings. The fourth-order valence-electron chi connectivity index (χ4n) is 3.16. The van der Waals surface area contributed by atoms with Crippen LogP contribution in [0.2, 0.25) is 0 Å². The van der Waals surface area contributed by atoms with Crippen LogP contribution in [0.5, 0.6) is 0 Å². The lowest BCUT2D eigenvalue weighted by molar-refractivity contribution is -0.128. The molecule has 1 saturated heterocycles. The molecule has 1 aliphatic heterocycles. The van der Waals surface area contributed by atoms with Gasteiger partial charge >= 0.3 is 0 Å². The molecule has 1 fully saturated rings. The van der Waals surface area contributed by atoms with Gasteiger partial charge in [-0.2, -0.15) is 0 Å². The van der Waals surface area contributed by atoms with Crippen LogP contribution in [-0.4, -0.2) is 29.9 Å². The van der Waals surface area contributed by atoms with Crippen molar-refractivity contribution in [1.82, 2.24) is 4.90 Å². The van der Waals surface area contributed by atoms with Crippen LogP contribution in [-0.2, 0) is 4.79 Å². The van der Waals surface area contributed by atoms with Crippen LogP contribution in [0, 0.1) is 5.82 Å². The van der Waals surface area contributed by atoms with Gasteiger partial charge in [0.25, 0.3) is 0 Å². The second-order valence-corrected chi connectivity index (χ2v) is 5.87. The molecular weight excluding hydrogens is 267 g/mol. The molecule has 112 valence electrons. The molecule has 0 spiro atoms. The largest absolute Gasteiger partial charge is 0.380 e. The monoisotopic (exact) mass is 288 g/mol. The number of nitrogens with one attached hydrogen (secondary N) is 1. The quantitative estimate of drug-likeness (QED) is 0.925. The lowest BCUT2D eigenvalue weighted by atomic mass is 10.0. The molecule has 2 aliphatic rings. The fourth-order valence-corrected chi connectivity index (χ4v) is 3.16. The zero-order valence-corrected chi connectivity index (χ0v) is 12.1. The summed E-state index contributed by atoms with van der Waals surface area (Å²) in [7, 11) is 0. The number of benzene rings is 1. The number of halogens is 1. The Hall–Kier alpha value is -1.84. The molecular formula is C17H21FN2O. The van der Waals surface area contributed by atoms with E-state index in [4.69, 9.17) is 0 Å². The predicted octanol–water partition coefficient (Wildman–Crippen LogP) is 3.34. The van der Waals surface area contributed by atoms with Gasteiger partial charge in [-0.1, -0.05) is 12.1 Å². The molecule has 1 aliphatic carbocycles. The van der Waals surface area contributed by atoms with E-state index in [2.05, 4.69) is 11.4 Å². The zero-order valence-electron chi connectivity index (χ0n) is 12.1. The molecule has 0 aromatic heterocycles. The second-order valence-electron chi connectivity index (χ2n) is 5.87. The van der Waals surface area contributed by atoms with Gasteiger partial charge in [-0.05, 0) is 50.3 Å². The molecule has 1 heterocycles. The maximum atomic E-state index is 13.2. The number of piperidine rings is 1. The van der Waals surface area contributed by atoms with Crippen LogP contribution in [0.25, 0.3) is 0 Å². The summed E-state index contributed by atoms with van der Waals surface area (Å²) in [6.45, 7) is 1.53. The highest BCUT2D eigenvalue weighted by molar-refractivity contribution is 5.93. The first-order valence-electron chi connectivity index (χ1n) is 7.73. The molecule has 21 heavy (non-hydrogen) atoms. The van der Waals surface area contributed by atoms with E-state index in [-0.39, 0.29) is 17.8 Å². The van der Waals surface area contributed by atoms with Crippen molar-refractivity contribution in [2.24, 2.45) is 0 Å². The Morgan fingerprint density at radius 2 is 2.24 bits per heavy atom. The van der Waals surface area contributed by atoms with Crippen molar-refractivity contribution < 1.29 is 9.18 Å². The van der Waals surface area contributed by atoms with Gasteiger partial charge in [0, 0.05) is 30.4 Å². The van der Waals surface area contributed by atoms with Gasteiger partial charge < -0.3 is 10.2 Å². The van der Waals surface area contributed by atoms with Crippen LogP contribution in [0.15, 0.2) is 35.9 Å². The number of amides is 1. The maximum absolute atomic E-state index is 13.2. The van der Waals surface area contributed by atoms with Crippen LogP contribution < -0.4 is 5.32 Å². The second kappa shape index (κ2) is 6.29. The van der Waals surface area contributed by atoms with Crippen molar-refractivity contribution in [3.05, 3.63) is 41.7 Å². The van der Waals surface area contributed by atoms with Crippen molar-refractivity contribution in [2.75, 3.05) is 18.4 Å². The van der Waals surface area contributed by atoms with Gasteiger partial charge in [0.15, 0.2) is 0 Å². The van der Waals surface area contributed by atoms with Gasteiger partial charge in [-0.15, -0.1) is 0 Å². The number of hydrogen-bond donors (Lipinski definition) is 1. The van der Waals surface area contributed by atoms with E-state index in [1.807, 2.05) is 11.0 Å². The third kappa shape index (κ3) is 3.43. The van der Waals surface area contributed by atoms with Gasteiger partial charge in [0.05, 0.1) is 0 Å². The normalized spacial score (nSPS) is 22.0. The summed E-state index contributed by atoms with van der Waals surface area (Å²) in [5.41, 5.74) is 1.76. The summed E-state index contributed by atoms with van der Waals surface area (Å²) < 4.78 is 13.2. The summed E-state index contributed by atoms with van der Waals surface area (Å²) in [5.74, 6) is -0.0434. The van der Waals surface area contributed by atoms with Gasteiger partial charge in [0.1, 0.15) is 5.82 Å². The van der Waals surface area contributed by atoms with Crippen molar-refractivity contribution in [1.29, 1.82) is 0 Å². The number of allylic oxidation sites excluding steroid dienone is 1. The third-order valence-electron chi connectivity index (χ3n) is 4.22. The molecule has 0 bridgehead atoms. The molecule has 3 nitrogen and oxygen atoms in total. The first-order valence-corrected chi connectivity index (χ1v) is 7.73. The van der Waals surface area contributed by atoms with Crippen molar-refractivity contribution in [2.45, 2.75) is 38.1 Å². The predicted molar refractivity (Wildman–Crippen MR) is 81.6 cm³/mol. The van der Waals surface area contributed by atoms with E-state index in [9.17, 15) is 9.18 Å². The van der Waals surface area contributed by atoms with Gasteiger partial charge in [-0.3, -0.25) is 4.79 Å².